The van der Waals surface area contributed by atoms with Gasteiger partial charge in [-0.3, -0.25) is 0 Å². The number of likely N-dealkylation sites (N-methyl/N-ethyl adjacent to an activating group) is 1. The summed E-state index contributed by atoms with van der Waals surface area (Å²) in [5, 5.41) is 26.7. The highest BCUT2D eigenvalue weighted by atomic mass is 35.5. The number of anilines is 1. The first-order valence-corrected chi connectivity index (χ1v) is 18.4. The number of aromatic nitrogens is 4. The number of rotatable bonds is 7. The van der Waals surface area contributed by atoms with Crippen molar-refractivity contribution in [3.8, 4) is 29.0 Å². The number of likely N-dealkylation sites (tertiary alicyclic amines) is 1. The summed E-state index contributed by atoms with van der Waals surface area (Å²) in [6.07, 6.45) is 7.61. The zero-order chi connectivity index (χ0) is 35.2. The Morgan fingerprint density at radius 3 is 2.76 bits per heavy atom. The molecule has 0 spiro atoms. The Hall–Kier alpha value is -4.38. The molecule has 4 aliphatic heterocycles. The smallest absolute Gasteiger partial charge is 0.407 e. The molecule has 3 fully saturated rings. The predicted octanol–water partition coefficient (Wildman–Crippen LogP) is 6.19. The third-order valence-corrected chi connectivity index (χ3v) is 11.5. The number of fused-ring (bicyclic) bond motifs is 4. The number of piperazine rings is 1. The first-order chi connectivity index (χ1) is 24.8. The number of hydrogen-bond donors (Lipinski definition) is 1. The number of benzene rings is 2. The molecule has 2 aromatic heterocycles. The van der Waals surface area contributed by atoms with Crippen LogP contribution in [0.2, 0.25) is 5.02 Å². The van der Waals surface area contributed by atoms with Crippen molar-refractivity contribution in [3.05, 3.63) is 34.5 Å². The van der Waals surface area contributed by atoms with Gasteiger partial charge in [0.2, 0.25) is 0 Å². The SMILES string of the molecule is Cc1cc2c(cnn2C2CCCCO2)c(-c2cc3nc(OCC4CCCN4C)nc(N4CCN(C(=O)O)[C@@H](CC#N)C4)c3c3c2CCCO3)c1Cl. The molecule has 51 heavy (non-hydrogen) atoms. The van der Waals surface area contributed by atoms with Gasteiger partial charge in [-0.1, -0.05) is 11.6 Å². The van der Waals surface area contributed by atoms with Crippen molar-refractivity contribution in [1.29, 1.82) is 5.26 Å². The molecule has 0 saturated carbocycles. The molecule has 6 heterocycles. The van der Waals surface area contributed by atoms with Gasteiger partial charge in [0.25, 0.3) is 0 Å². The van der Waals surface area contributed by atoms with E-state index in [0.29, 0.717) is 55.0 Å². The third-order valence-electron chi connectivity index (χ3n) is 11.0. The van der Waals surface area contributed by atoms with Gasteiger partial charge in [0, 0.05) is 48.8 Å². The standard InChI is InChI=1S/C37H43ClN8O5/c1-22-17-29-27(19-40-46(29)30-9-3-4-15-49-30)31(33(22)38)26-18-28-32(34-25(26)8-6-16-50-34)35(42-36(41-28)51-21-24-7-5-12-43(24)2)44-13-14-45(37(47)48)23(20-44)10-11-39/h17-19,23-24,30H,3-10,12-16,20-21H2,1-2H3,(H,47,48)/t23-,24?,30?/m0/s1. The van der Waals surface area contributed by atoms with Gasteiger partial charge in [-0.25, -0.2) is 9.48 Å². The lowest BCUT2D eigenvalue weighted by Gasteiger charge is -2.40. The van der Waals surface area contributed by atoms with E-state index in [0.717, 1.165) is 90.0 Å². The highest BCUT2D eigenvalue weighted by molar-refractivity contribution is 6.36. The van der Waals surface area contributed by atoms with Crippen LogP contribution in [0.15, 0.2) is 18.3 Å². The summed E-state index contributed by atoms with van der Waals surface area (Å²) in [7, 11) is 2.11. The fraction of sp³-hybridized carbons (Fsp3) is 0.541. The lowest BCUT2D eigenvalue weighted by atomic mass is 9.89. The summed E-state index contributed by atoms with van der Waals surface area (Å²) >= 11 is 7.24. The Balaban J connectivity index is 1.30. The van der Waals surface area contributed by atoms with Gasteiger partial charge in [-0.15, -0.1) is 0 Å². The molecule has 0 radical (unpaired) electrons. The second kappa shape index (κ2) is 14.0. The number of aryl methyl sites for hydroxylation is 1. The van der Waals surface area contributed by atoms with Crippen LogP contribution in [0.1, 0.15) is 62.3 Å². The van der Waals surface area contributed by atoms with Crippen LogP contribution in [0.3, 0.4) is 0 Å². The van der Waals surface area contributed by atoms with Gasteiger partial charge in [0.15, 0.2) is 6.23 Å². The van der Waals surface area contributed by atoms with Crippen LogP contribution in [0.5, 0.6) is 11.8 Å². The summed E-state index contributed by atoms with van der Waals surface area (Å²) in [6, 6.07) is 6.35. The Bertz CT molecular complexity index is 2020. The summed E-state index contributed by atoms with van der Waals surface area (Å²) in [4.78, 5) is 27.8. The first kappa shape index (κ1) is 33.7. The molecule has 4 aromatic rings. The van der Waals surface area contributed by atoms with Gasteiger partial charge in [-0.2, -0.15) is 20.3 Å². The fourth-order valence-corrected chi connectivity index (χ4v) is 8.51. The number of carbonyl (C=O) groups is 1. The molecule has 1 N–H and O–H groups in total. The average molecular weight is 715 g/mol. The van der Waals surface area contributed by atoms with Crippen LogP contribution in [0.25, 0.3) is 32.9 Å². The predicted molar refractivity (Wildman–Crippen MR) is 193 cm³/mol. The fourth-order valence-electron chi connectivity index (χ4n) is 8.25. The zero-order valence-corrected chi connectivity index (χ0v) is 29.9. The van der Waals surface area contributed by atoms with Gasteiger partial charge >= 0.3 is 12.1 Å². The molecule has 3 atom stereocenters. The number of halogens is 1. The van der Waals surface area contributed by atoms with E-state index in [1.54, 1.807) is 0 Å². The van der Waals surface area contributed by atoms with Gasteiger partial charge in [0.05, 0.1) is 52.8 Å². The largest absolute Gasteiger partial charge is 0.492 e. The second-order valence-electron chi connectivity index (χ2n) is 14.2. The van der Waals surface area contributed by atoms with E-state index in [4.69, 9.17) is 40.9 Å². The van der Waals surface area contributed by atoms with Crippen LogP contribution in [-0.2, 0) is 11.2 Å². The van der Waals surface area contributed by atoms with Crippen LogP contribution in [0, 0.1) is 18.3 Å². The number of carboxylic acid groups (broad SMARTS) is 1. The van der Waals surface area contributed by atoms with Crippen molar-refractivity contribution >= 4 is 45.3 Å². The van der Waals surface area contributed by atoms with Gasteiger partial charge in [-0.05, 0) is 88.7 Å². The molecule has 8 rings (SSSR count). The normalized spacial score (nSPS) is 22.6. The molecule has 0 bridgehead atoms. The molecule has 0 aliphatic carbocycles. The van der Waals surface area contributed by atoms with Crippen LogP contribution >= 0.6 is 11.6 Å². The van der Waals surface area contributed by atoms with Crippen molar-refractivity contribution < 1.29 is 24.1 Å². The second-order valence-corrected chi connectivity index (χ2v) is 14.5. The maximum Gasteiger partial charge on any atom is 0.407 e. The van der Waals surface area contributed by atoms with Crippen molar-refractivity contribution in [2.75, 3.05) is 57.9 Å². The van der Waals surface area contributed by atoms with Crippen LogP contribution < -0.4 is 14.4 Å². The minimum atomic E-state index is -1.03. The van der Waals surface area contributed by atoms with Crippen molar-refractivity contribution in [2.45, 2.75) is 76.6 Å². The summed E-state index contributed by atoms with van der Waals surface area (Å²) in [5.74, 6) is 1.33. The molecule has 4 aliphatic rings. The monoisotopic (exact) mass is 714 g/mol. The van der Waals surface area contributed by atoms with Crippen LogP contribution in [-0.4, -0.2) is 106 Å². The minimum absolute atomic E-state index is 0.0728. The third kappa shape index (κ3) is 6.17. The van der Waals surface area contributed by atoms with Crippen molar-refractivity contribution in [1.82, 2.24) is 29.5 Å². The maximum absolute atomic E-state index is 12.1. The first-order valence-electron chi connectivity index (χ1n) is 18.1. The molecular weight excluding hydrogens is 672 g/mol. The van der Waals surface area contributed by atoms with Crippen molar-refractivity contribution in [3.63, 3.8) is 0 Å². The van der Waals surface area contributed by atoms with Crippen molar-refractivity contribution in [2.24, 2.45) is 0 Å². The van der Waals surface area contributed by atoms with E-state index in [9.17, 15) is 15.2 Å². The Morgan fingerprint density at radius 2 is 2.00 bits per heavy atom. The highest BCUT2D eigenvalue weighted by Gasteiger charge is 2.35. The molecule has 14 heteroatoms. The number of amides is 1. The molecule has 3 saturated heterocycles. The highest BCUT2D eigenvalue weighted by Crippen LogP contribution is 2.48. The Kier molecular flexibility index (Phi) is 9.25. The molecule has 268 valence electrons. The van der Waals surface area contributed by atoms with E-state index < -0.39 is 12.1 Å². The number of nitriles is 1. The molecule has 2 aromatic carbocycles. The Labute approximate surface area is 301 Å². The van der Waals surface area contributed by atoms with E-state index >= 15 is 0 Å². The van der Waals surface area contributed by atoms with E-state index in [1.165, 1.54) is 4.90 Å². The number of ether oxygens (including phenoxy) is 3. The molecule has 2 unspecified atom stereocenters. The summed E-state index contributed by atoms with van der Waals surface area (Å²) in [6.45, 7) is 5.69. The summed E-state index contributed by atoms with van der Waals surface area (Å²) < 4.78 is 21.0. The quantitative estimate of drug-likeness (QED) is 0.234. The maximum atomic E-state index is 12.1. The lowest BCUT2D eigenvalue weighted by Crippen LogP contribution is -2.55. The van der Waals surface area contributed by atoms with Crippen LogP contribution in [0.4, 0.5) is 10.6 Å². The molecule has 1 amide bonds. The minimum Gasteiger partial charge on any atom is -0.492 e. The van der Waals surface area contributed by atoms with E-state index in [1.807, 2.05) is 17.8 Å². The van der Waals surface area contributed by atoms with Gasteiger partial charge < -0.3 is 34.0 Å². The summed E-state index contributed by atoms with van der Waals surface area (Å²) in [5.41, 5.74) is 5.40. The molecular formula is C37H43ClN8O5. The van der Waals surface area contributed by atoms with E-state index in [2.05, 4.69) is 35.0 Å². The number of hydrogen-bond acceptors (Lipinski definition) is 10. The number of nitrogens with zero attached hydrogens (tertiary/aromatic N) is 8. The van der Waals surface area contributed by atoms with E-state index in [-0.39, 0.29) is 31.2 Å². The molecule has 13 nitrogen and oxygen atoms in total. The zero-order valence-electron chi connectivity index (χ0n) is 29.1. The Morgan fingerprint density at radius 1 is 1.12 bits per heavy atom. The lowest BCUT2D eigenvalue weighted by molar-refractivity contribution is -0.0366. The average Bonchev–Trinajstić information content (AvgIpc) is 3.76. The van der Waals surface area contributed by atoms with Gasteiger partial charge in [0.1, 0.15) is 18.2 Å². The topological polar surface area (TPSA) is 142 Å².